The van der Waals surface area contributed by atoms with E-state index in [0.717, 1.165) is 28.0 Å². The molecule has 0 amide bonds. The van der Waals surface area contributed by atoms with E-state index in [9.17, 15) is 0 Å². The van der Waals surface area contributed by atoms with Gasteiger partial charge in [0.1, 0.15) is 11.9 Å². The number of ether oxygens (including phenoxy) is 5. The van der Waals surface area contributed by atoms with E-state index in [-0.39, 0.29) is 12.0 Å². The molecule has 0 aliphatic rings. The van der Waals surface area contributed by atoms with E-state index in [1.807, 2.05) is 91.0 Å². The summed E-state index contributed by atoms with van der Waals surface area (Å²) in [5, 5.41) is 0. The minimum atomic E-state index is -0.416. The molecule has 5 heteroatoms. The Kier molecular flexibility index (Phi) is 13.9. The van der Waals surface area contributed by atoms with Crippen molar-refractivity contribution in [2.75, 3.05) is 13.7 Å². The van der Waals surface area contributed by atoms with Gasteiger partial charge in [-0.25, -0.2) is 0 Å². The summed E-state index contributed by atoms with van der Waals surface area (Å²) in [4.78, 5) is 0. The van der Waals surface area contributed by atoms with Crippen molar-refractivity contribution in [2.45, 2.75) is 51.2 Å². The quantitative estimate of drug-likeness (QED) is 0.0966. The zero-order chi connectivity index (χ0) is 30.8. The SMILES string of the molecule is C=CC[C@H](OCc1ccc(OC)cc1)[C@H](COCc1ccccc1)[C@@H](OCc1ccccc1)[C@@H](C=C)OCc1ccccc1. The second-order valence-electron chi connectivity index (χ2n) is 10.6. The predicted molar refractivity (Wildman–Crippen MR) is 176 cm³/mol. The van der Waals surface area contributed by atoms with Gasteiger partial charge in [-0.2, -0.15) is 0 Å². The first-order chi connectivity index (χ1) is 21.7. The van der Waals surface area contributed by atoms with E-state index >= 15 is 0 Å². The number of hydrogen-bond acceptors (Lipinski definition) is 5. The molecule has 0 aromatic heterocycles. The largest absolute Gasteiger partial charge is 0.497 e. The summed E-state index contributed by atoms with van der Waals surface area (Å²) in [7, 11) is 1.66. The Morgan fingerprint density at radius 1 is 0.591 bits per heavy atom. The Balaban J connectivity index is 1.60. The fourth-order valence-corrected chi connectivity index (χ4v) is 5.05. The Morgan fingerprint density at radius 3 is 1.61 bits per heavy atom. The summed E-state index contributed by atoms with van der Waals surface area (Å²) >= 11 is 0. The number of benzene rings is 4. The molecule has 4 atom stereocenters. The van der Waals surface area contributed by atoms with E-state index in [0.29, 0.717) is 39.5 Å². The lowest BCUT2D eigenvalue weighted by molar-refractivity contribution is -0.143. The predicted octanol–water partition coefficient (Wildman–Crippen LogP) is 8.35. The van der Waals surface area contributed by atoms with Gasteiger partial charge in [0.15, 0.2) is 0 Å². The molecule has 230 valence electrons. The van der Waals surface area contributed by atoms with Crippen LogP contribution in [0.2, 0.25) is 0 Å². The molecule has 0 saturated carbocycles. The Bertz CT molecular complexity index is 1340. The first-order valence-corrected chi connectivity index (χ1v) is 15.1. The van der Waals surface area contributed by atoms with Gasteiger partial charge in [-0.3, -0.25) is 0 Å². The van der Waals surface area contributed by atoms with Gasteiger partial charge in [0.05, 0.1) is 52.4 Å². The van der Waals surface area contributed by atoms with Gasteiger partial charge in [-0.05, 0) is 40.8 Å². The lowest BCUT2D eigenvalue weighted by atomic mass is 9.90. The zero-order valence-corrected chi connectivity index (χ0v) is 25.6. The molecule has 4 rings (SSSR count). The summed E-state index contributed by atoms with van der Waals surface area (Å²) in [6.07, 6.45) is 3.26. The van der Waals surface area contributed by atoms with Crippen LogP contribution >= 0.6 is 0 Å². The fourth-order valence-electron chi connectivity index (χ4n) is 5.05. The lowest BCUT2D eigenvalue weighted by Crippen LogP contribution is -2.45. The van der Waals surface area contributed by atoms with Crippen LogP contribution in [0.3, 0.4) is 0 Å². The highest BCUT2D eigenvalue weighted by atomic mass is 16.5. The first-order valence-electron chi connectivity index (χ1n) is 15.1. The Hall–Kier alpha value is -4.00. The molecule has 5 nitrogen and oxygen atoms in total. The average molecular weight is 593 g/mol. The Labute approximate surface area is 262 Å². The van der Waals surface area contributed by atoms with Gasteiger partial charge >= 0.3 is 0 Å². The van der Waals surface area contributed by atoms with Crippen LogP contribution in [0.1, 0.15) is 28.7 Å². The van der Waals surface area contributed by atoms with Gasteiger partial charge < -0.3 is 23.7 Å². The second kappa shape index (κ2) is 18.6. The molecule has 0 unspecified atom stereocenters. The average Bonchev–Trinajstić information content (AvgIpc) is 3.08. The van der Waals surface area contributed by atoms with Crippen LogP contribution in [0.4, 0.5) is 0 Å². The van der Waals surface area contributed by atoms with Gasteiger partial charge in [-0.1, -0.05) is 115 Å². The third kappa shape index (κ3) is 10.6. The van der Waals surface area contributed by atoms with E-state index in [2.05, 4.69) is 49.6 Å². The summed E-state index contributed by atoms with van der Waals surface area (Å²) in [5.74, 6) is 0.611. The van der Waals surface area contributed by atoms with Crippen LogP contribution in [-0.2, 0) is 45.4 Å². The van der Waals surface area contributed by atoms with Crippen LogP contribution in [0.25, 0.3) is 0 Å². The molecule has 0 spiro atoms. The lowest BCUT2D eigenvalue weighted by Gasteiger charge is -2.36. The topological polar surface area (TPSA) is 46.2 Å². The highest BCUT2D eigenvalue weighted by Crippen LogP contribution is 2.28. The number of hydrogen-bond donors (Lipinski definition) is 0. The standard InChI is InChI=1S/C39H44O5/c1-4-15-38(43-28-34-22-24-35(40-3)25-23-34)36(30-41-26-31-16-9-6-10-17-31)39(44-29-33-20-13-8-14-21-33)37(5-2)42-27-32-18-11-7-12-19-32/h4-14,16-25,36-39H,1-2,15,26-30H2,3H3/t36-,37+,38-,39+/m0/s1. The second-order valence-corrected chi connectivity index (χ2v) is 10.6. The van der Waals surface area contributed by atoms with E-state index in [1.165, 1.54) is 0 Å². The number of methoxy groups -OCH3 is 1. The van der Waals surface area contributed by atoms with Crippen molar-refractivity contribution in [1.82, 2.24) is 0 Å². The van der Waals surface area contributed by atoms with Crippen LogP contribution in [0, 0.1) is 5.92 Å². The van der Waals surface area contributed by atoms with Crippen molar-refractivity contribution in [1.29, 1.82) is 0 Å². The molecule has 0 bridgehead atoms. The molecule has 0 heterocycles. The van der Waals surface area contributed by atoms with Crippen molar-refractivity contribution >= 4 is 0 Å². The third-order valence-electron chi connectivity index (χ3n) is 7.47. The van der Waals surface area contributed by atoms with E-state index in [4.69, 9.17) is 23.7 Å². The molecular weight excluding hydrogens is 548 g/mol. The highest BCUT2D eigenvalue weighted by molar-refractivity contribution is 5.26. The molecule has 0 radical (unpaired) electrons. The van der Waals surface area contributed by atoms with Gasteiger partial charge in [0.2, 0.25) is 0 Å². The molecule has 0 aliphatic heterocycles. The minimum absolute atomic E-state index is 0.197. The normalized spacial score (nSPS) is 13.8. The van der Waals surface area contributed by atoms with Crippen molar-refractivity contribution in [3.63, 3.8) is 0 Å². The molecule has 4 aromatic carbocycles. The Morgan fingerprint density at radius 2 is 1.09 bits per heavy atom. The summed E-state index contributed by atoms with van der Waals surface area (Å²) in [5.41, 5.74) is 4.31. The summed E-state index contributed by atoms with van der Waals surface area (Å²) in [6, 6.07) is 38.4. The van der Waals surface area contributed by atoms with Crippen molar-refractivity contribution in [3.05, 3.63) is 163 Å². The molecule has 0 fully saturated rings. The summed E-state index contributed by atoms with van der Waals surface area (Å²) in [6.45, 7) is 10.4. The monoisotopic (exact) mass is 592 g/mol. The van der Waals surface area contributed by atoms with Gasteiger partial charge in [-0.15, -0.1) is 13.2 Å². The maximum Gasteiger partial charge on any atom is 0.118 e. The maximum absolute atomic E-state index is 6.74. The maximum atomic E-state index is 6.74. The van der Waals surface area contributed by atoms with Gasteiger partial charge in [0, 0.05) is 5.92 Å². The van der Waals surface area contributed by atoms with E-state index in [1.54, 1.807) is 7.11 Å². The zero-order valence-electron chi connectivity index (χ0n) is 25.6. The van der Waals surface area contributed by atoms with Crippen molar-refractivity contribution < 1.29 is 23.7 Å². The molecule has 0 aliphatic carbocycles. The van der Waals surface area contributed by atoms with Gasteiger partial charge in [0.25, 0.3) is 0 Å². The fraction of sp³-hybridized carbons (Fsp3) is 0.282. The summed E-state index contributed by atoms with van der Waals surface area (Å²) < 4.78 is 31.6. The van der Waals surface area contributed by atoms with E-state index < -0.39 is 12.2 Å². The first kappa shape index (κ1) is 32.9. The van der Waals surface area contributed by atoms with Crippen LogP contribution in [0.5, 0.6) is 5.75 Å². The van der Waals surface area contributed by atoms with Crippen LogP contribution < -0.4 is 4.74 Å². The molecule has 44 heavy (non-hydrogen) atoms. The molecule has 4 aromatic rings. The molecule has 0 N–H and O–H groups in total. The van der Waals surface area contributed by atoms with Crippen molar-refractivity contribution in [2.24, 2.45) is 5.92 Å². The molecule has 0 saturated heterocycles. The smallest absolute Gasteiger partial charge is 0.118 e. The highest BCUT2D eigenvalue weighted by Gasteiger charge is 2.36. The third-order valence-corrected chi connectivity index (χ3v) is 7.47. The van der Waals surface area contributed by atoms with Crippen molar-refractivity contribution in [3.8, 4) is 5.75 Å². The minimum Gasteiger partial charge on any atom is -0.497 e. The number of rotatable bonds is 20. The van der Waals surface area contributed by atoms with Crippen LogP contribution in [0.15, 0.2) is 141 Å². The van der Waals surface area contributed by atoms with Crippen LogP contribution in [-0.4, -0.2) is 32.0 Å². The molecular formula is C39H44O5.